The van der Waals surface area contributed by atoms with E-state index in [1.54, 1.807) is 11.3 Å². The Bertz CT molecular complexity index is 308. The Kier molecular flexibility index (Phi) is 6.51. The van der Waals surface area contributed by atoms with Gasteiger partial charge < -0.3 is 10.4 Å². The predicted octanol–water partition coefficient (Wildman–Crippen LogP) is 3.77. The summed E-state index contributed by atoms with van der Waals surface area (Å²) in [5.41, 5.74) is 0. The Morgan fingerprint density at radius 2 is 2.12 bits per heavy atom. The molecule has 0 saturated carbocycles. The van der Waals surface area contributed by atoms with Crippen molar-refractivity contribution in [3.8, 4) is 0 Å². The summed E-state index contributed by atoms with van der Waals surface area (Å²) in [7, 11) is 0. The lowest BCUT2D eigenvalue weighted by atomic mass is 10.0. The first-order valence-electron chi connectivity index (χ1n) is 5.32. The normalized spacial score (nSPS) is 13.4. The zero-order valence-electron chi connectivity index (χ0n) is 9.46. The van der Waals surface area contributed by atoms with Crippen LogP contribution in [-0.2, 0) is 6.54 Å². The molecule has 0 aromatic carbocycles. The summed E-state index contributed by atoms with van der Waals surface area (Å²) < 4.78 is 2.24. The van der Waals surface area contributed by atoms with Crippen molar-refractivity contribution in [3.05, 3.63) is 19.2 Å². The van der Waals surface area contributed by atoms with Crippen LogP contribution in [0.15, 0.2) is 14.3 Å². The third kappa shape index (κ3) is 4.45. The minimum Gasteiger partial charge on any atom is -0.396 e. The van der Waals surface area contributed by atoms with Crippen molar-refractivity contribution in [3.63, 3.8) is 0 Å². The van der Waals surface area contributed by atoms with Gasteiger partial charge in [0.1, 0.15) is 0 Å². The number of hydrogen-bond donors (Lipinski definition) is 2. The summed E-state index contributed by atoms with van der Waals surface area (Å²) >= 11 is 8.70. The molecule has 1 aromatic rings. The minimum atomic E-state index is 0.244. The summed E-state index contributed by atoms with van der Waals surface area (Å²) in [6.07, 6.45) is 0.811. The van der Waals surface area contributed by atoms with Crippen molar-refractivity contribution >= 4 is 43.2 Å². The molecule has 0 amide bonds. The monoisotopic (exact) mass is 369 g/mol. The number of rotatable bonds is 6. The van der Waals surface area contributed by atoms with Crippen molar-refractivity contribution in [2.45, 2.75) is 32.9 Å². The standard InChI is InChI=1S/C11H17Br2NOS/c1-7(2)10(3-4-15)14-6-8-5-9(12)11(13)16-8/h5,7,10,14-15H,3-4,6H2,1-2H3. The molecule has 0 aliphatic carbocycles. The summed E-state index contributed by atoms with van der Waals surface area (Å²) in [5.74, 6) is 0.541. The van der Waals surface area contributed by atoms with Crippen LogP contribution < -0.4 is 5.32 Å². The summed E-state index contributed by atoms with van der Waals surface area (Å²) in [6.45, 7) is 5.45. The third-order valence-corrected chi connectivity index (χ3v) is 5.74. The van der Waals surface area contributed by atoms with E-state index in [9.17, 15) is 0 Å². The Hall–Kier alpha value is 0.580. The number of hydrogen-bond acceptors (Lipinski definition) is 3. The van der Waals surface area contributed by atoms with E-state index in [2.05, 4.69) is 57.1 Å². The molecule has 1 rings (SSSR count). The molecule has 0 radical (unpaired) electrons. The molecule has 0 saturated heterocycles. The average molecular weight is 371 g/mol. The van der Waals surface area contributed by atoms with Gasteiger partial charge >= 0.3 is 0 Å². The Morgan fingerprint density at radius 3 is 2.56 bits per heavy atom. The van der Waals surface area contributed by atoms with Gasteiger partial charge in [0, 0.05) is 28.5 Å². The van der Waals surface area contributed by atoms with Gasteiger partial charge in [0.05, 0.1) is 3.79 Å². The molecule has 0 aliphatic rings. The van der Waals surface area contributed by atoms with Crippen molar-refractivity contribution in [1.29, 1.82) is 0 Å². The summed E-state index contributed by atoms with van der Waals surface area (Å²) in [4.78, 5) is 1.29. The van der Waals surface area contributed by atoms with E-state index in [0.29, 0.717) is 12.0 Å². The maximum atomic E-state index is 8.98. The van der Waals surface area contributed by atoms with Crippen LogP contribution in [0.2, 0.25) is 0 Å². The molecule has 0 bridgehead atoms. The molecule has 1 heterocycles. The molecular formula is C11H17Br2NOS. The summed E-state index contributed by atoms with van der Waals surface area (Å²) in [5, 5.41) is 12.5. The maximum Gasteiger partial charge on any atom is 0.0843 e. The lowest BCUT2D eigenvalue weighted by molar-refractivity contribution is 0.244. The predicted molar refractivity (Wildman–Crippen MR) is 76.9 cm³/mol. The molecule has 2 nitrogen and oxygen atoms in total. The van der Waals surface area contributed by atoms with E-state index in [1.165, 1.54) is 4.88 Å². The second-order valence-electron chi connectivity index (χ2n) is 4.08. The van der Waals surface area contributed by atoms with Crippen molar-refractivity contribution in [1.82, 2.24) is 5.32 Å². The van der Waals surface area contributed by atoms with Crippen LogP contribution in [0.5, 0.6) is 0 Å². The SMILES string of the molecule is CC(C)C(CCO)NCc1cc(Br)c(Br)s1. The maximum absolute atomic E-state index is 8.98. The molecule has 1 unspecified atom stereocenters. The number of nitrogens with one attached hydrogen (secondary N) is 1. The van der Waals surface area contributed by atoms with Crippen LogP contribution in [0.4, 0.5) is 0 Å². The van der Waals surface area contributed by atoms with Gasteiger partial charge in [0.25, 0.3) is 0 Å². The van der Waals surface area contributed by atoms with Crippen LogP contribution in [0, 0.1) is 5.92 Å². The first kappa shape index (κ1) is 14.6. The van der Waals surface area contributed by atoms with E-state index in [-0.39, 0.29) is 6.61 Å². The molecule has 0 fully saturated rings. The number of thiophene rings is 1. The highest BCUT2D eigenvalue weighted by molar-refractivity contribution is 9.13. The van der Waals surface area contributed by atoms with Crippen LogP contribution in [0.1, 0.15) is 25.1 Å². The van der Waals surface area contributed by atoms with Crippen molar-refractivity contribution in [2.75, 3.05) is 6.61 Å². The second-order valence-corrected chi connectivity index (χ2v) is 7.39. The fourth-order valence-electron chi connectivity index (χ4n) is 1.52. The Morgan fingerprint density at radius 1 is 1.44 bits per heavy atom. The van der Waals surface area contributed by atoms with E-state index in [1.807, 2.05) is 0 Å². The first-order chi connectivity index (χ1) is 7.54. The van der Waals surface area contributed by atoms with Gasteiger partial charge in [-0.25, -0.2) is 0 Å². The van der Waals surface area contributed by atoms with Gasteiger partial charge in [-0.15, -0.1) is 11.3 Å². The molecule has 0 aliphatic heterocycles. The number of aliphatic hydroxyl groups excluding tert-OH is 1. The largest absolute Gasteiger partial charge is 0.396 e. The molecule has 0 spiro atoms. The van der Waals surface area contributed by atoms with Gasteiger partial charge in [-0.05, 0) is 50.3 Å². The van der Waals surface area contributed by atoms with Crippen LogP contribution in [-0.4, -0.2) is 17.8 Å². The lowest BCUT2D eigenvalue weighted by Crippen LogP contribution is -2.33. The van der Waals surface area contributed by atoms with Gasteiger partial charge in [0.15, 0.2) is 0 Å². The van der Waals surface area contributed by atoms with Gasteiger partial charge in [-0.1, -0.05) is 13.8 Å². The second kappa shape index (κ2) is 7.11. The van der Waals surface area contributed by atoms with Gasteiger partial charge in [0.2, 0.25) is 0 Å². The third-order valence-electron chi connectivity index (χ3n) is 2.48. The van der Waals surface area contributed by atoms with Crippen LogP contribution in [0.3, 0.4) is 0 Å². The zero-order chi connectivity index (χ0) is 12.1. The van der Waals surface area contributed by atoms with Crippen molar-refractivity contribution in [2.24, 2.45) is 5.92 Å². The highest BCUT2D eigenvalue weighted by Gasteiger charge is 2.12. The Balaban J connectivity index is 2.48. The topological polar surface area (TPSA) is 32.3 Å². The van der Waals surface area contributed by atoms with E-state index >= 15 is 0 Å². The fourth-order valence-corrected chi connectivity index (χ4v) is 3.65. The molecule has 2 N–H and O–H groups in total. The van der Waals surface area contributed by atoms with Crippen LogP contribution in [0.25, 0.3) is 0 Å². The molecule has 1 aromatic heterocycles. The highest BCUT2D eigenvalue weighted by atomic mass is 79.9. The Labute approximate surface area is 118 Å². The minimum absolute atomic E-state index is 0.244. The number of aliphatic hydroxyl groups is 1. The smallest absolute Gasteiger partial charge is 0.0843 e. The van der Waals surface area contributed by atoms with Gasteiger partial charge in [-0.3, -0.25) is 0 Å². The highest BCUT2D eigenvalue weighted by Crippen LogP contribution is 2.32. The zero-order valence-corrected chi connectivity index (χ0v) is 13.5. The van der Waals surface area contributed by atoms with Crippen molar-refractivity contribution < 1.29 is 5.11 Å². The quantitative estimate of drug-likeness (QED) is 0.798. The van der Waals surface area contributed by atoms with Gasteiger partial charge in [-0.2, -0.15) is 0 Å². The molecular weight excluding hydrogens is 354 g/mol. The molecule has 16 heavy (non-hydrogen) atoms. The number of halogens is 2. The van der Waals surface area contributed by atoms with E-state index in [4.69, 9.17) is 5.11 Å². The lowest BCUT2D eigenvalue weighted by Gasteiger charge is -2.21. The average Bonchev–Trinajstić information content (AvgIpc) is 2.53. The first-order valence-corrected chi connectivity index (χ1v) is 7.72. The molecule has 1 atom stereocenters. The summed E-state index contributed by atoms with van der Waals surface area (Å²) in [6, 6.07) is 2.50. The molecule has 5 heteroatoms. The van der Waals surface area contributed by atoms with Crippen LogP contribution >= 0.6 is 43.2 Å². The molecule has 92 valence electrons. The van der Waals surface area contributed by atoms with E-state index < -0.39 is 0 Å². The van der Waals surface area contributed by atoms with E-state index in [0.717, 1.165) is 21.2 Å². The fraction of sp³-hybridized carbons (Fsp3) is 0.636.